The largest absolute Gasteiger partial charge is 0.323 e. The Balaban J connectivity index is 2.79. The number of allylic oxidation sites excluding steroid dienone is 1. The zero-order chi connectivity index (χ0) is 6.15. The van der Waals surface area contributed by atoms with Gasteiger partial charge in [0.25, 0.3) is 0 Å². The van der Waals surface area contributed by atoms with Crippen LogP contribution in [0.4, 0.5) is 0 Å². The Morgan fingerprint density at radius 1 is 1.50 bits per heavy atom. The maximum atomic E-state index is 10.4. The molecule has 42 valence electrons. The van der Waals surface area contributed by atoms with Gasteiger partial charge in [0.2, 0.25) is 5.91 Å². The van der Waals surface area contributed by atoms with Crippen LogP contribution in [0.2, 0.25) is 0 Å². The predicted octanol–water partition coefficient (Wildman–Crippen LogP) is -0.411. The standard InChI is InChI=1S/C5H5NO2/c1-3-4(7)2-5(8)6-3/h1-2H2,(H,6,8). The van der Waals surface area contributed by atoms with Gasteiger partial charge in [-0.25, -0.2) is 0 Å². The summed E-state index contributed by atoms with van der Waals surface area (Å²) in [4.78, 5) is 20.7. The van der Waals surface area contributed by atoms with Gasteiger partial charge in [-0.15, -0.1) is 0 Å². The van der Waals surface area contributed by atoms with Crippen LogP contribution in [-0.2, 0) is 9.59 Å². The summed E-state index contributed by atoms with van der Waals surface area (Å²) in [5, 5.41) is 2.28. The fourth-order valence-electron chi connectivity index (χ4n) is 0.535. The van der Waals surface area contributed by atoms with Gasteiger partial charge in [-0.3, -0.25) is 9.59 Å². The highest BCUT2D eigenvalue weighted by molar-refractivity contribution is 6.14. The molecule has 0 unspecified atom stereocenters. The minimum absolute atomic E-state index is 0.0289. The van der Waals surface area contributed by atoms with Crippen LogP contribution in [0.25, 0.3) is 0 Å². The molecule has 1 aliphatic rings. The Kier molecular flexibility index (Phi) is 0.901. The van der Waals surface area contributed by atoms with Gasteiger partial charge in [0, 0.05) is 0 Å². The molecule has 0 aliphatic carbocycles. The van der Waals surface area contributed by atoms with Crippen LogP contribution < -0.4 is 5.32 Å². The van der Waals surface area contributed by atoms with E-state index in [4.69, 9.17) is 0 Å². The molecule has 1 rings (SSSR count). The van der Waals surface area contributed by atoms with Crippen LogP contribution in [0.15, 0.2) is 12.3 Å². The van der Waals surface area contributed by atoms with E-state index in [9.17, 15) is 9.59 Å². The lowest BCUT2D eigenvalue weighted by Gasteiger charge is -1.84. The van der Waals surface area contributed by atoms with Gasteiger partial charge in [0.15, 0.2) is 5.78 Å². The molecule has 1 fully saturated rings. The quantitative estimate of drug-likeness (QED) is 0.341. The first kappa shape index (κ1) is 5.03. The van der Waals surface area contributed by atoms with Crippen molar-refractivity contribution in [2.45, 2.75) is 6.42 Å². The van der Waals surface area contributed by atoms with E-state index in [2.05, 4.69) is 11.9 Å². The van der Waals surface area contributed by atoms with Crippen molar-refractivity contribution in [2.75, 3.05) is 0 Å². The minimum Gasteiger partial charge on any atom is -0.323 e. The maximum absolute atomic E-state index is 10.4. The van der Waals surface area contributed by atoms with Crippen molar-refractivity contribution in [2.24, 2.45) is 0 Å². The normalized spacial score (nSPS) is 19.2. The van der Waals surface area contributed by atoms with Gasteiger partial charge < -0.3 is 5.32 Å². The number of nitrogens with one attached hydrogen (secondary N) is 1. The molecule has 3 heteroatoms. The summed E-state index contributed by atoms with van der Waals surface area (Å²) in [6.07, 6.45) is -0.0289. The molecule has 1 saturated heterocycles. The first-order valence-corrected chi connectivity index (χ1v) is 2.22. The number of ketones is 1. The van der Waals surface area contributed by atoms with Crippen molar-refractivity contribution < 1.29 is 9.59 Å². The second-order valence-corrected chi connectivity index (χ2v) is 1.63. The van der Waals surface area contributed by atoms with Crippen LogP contribution >= 0.6 is 0 Å². The molecule has 0 radical (unpaired) electrons. The number of carbonyl (C=O) groups excluding carboxylic acids is 2. The van der Waals surface area contributed by atoms with Gasteiger partial charge in [0.1, 0.15) is 0 Å². The maximum Gasteiger partial charge on any atom is 0.232 e. The molecule has 1 amide bonds. The summed E-state index contributed by atoms with van der Waals surface area (Å²) in [6.45, 7) is 3.30. The van der Waals surface area contributed by atoms with Crippen molar-refractivity contribution in [3.63, 3.8) is 0 Å². The van der Waals surface area contributed by atoms with E-state index in [1.165, 1.54) is 0 Å². The van der Waals surface area contributed by atoms with Crippen molar-refractivity contribution in [1.82, 2.24) is 5.32 Å². The molecule has 1 N–H and O–H groups in total. The molecule has 0 saturated carbocycles. The fourth-order valence-corrected chi connectivity index (χ4v) is 0.535. The third-order valence-electron chi connectivity index (χ3n) is 0.948. The zero-order valence-corrected chi connectivity index (χ0v) is 4.23. The average molecular weight is 111 g/mol. The highest BCUT2D eigenvalue weighted by atomic mass is 16.2. The van der Waals surface area contributed by atoms with E-state index in [0.29, 0.717) is 0 Å². The summed E-state index contributed by atoms with van der Waals surface area (Å²) in [6, 6.07) is 0. The van der Waals surface area contributed by atoms with E-state index in [-0.39, 0.29) is 23.8 Å². The monoisotopic (exact) mass is 111 g/mol. The number of rotatable bonds is 0. The van der Waals surface area contributed by atoms with E-state index in [1.54, 1.807) is 0 Å². The number of carbonyl (C=O) groups is 2. The third kappa shape index (κ3) is 0.621. The van der Waals surface area contributed by atoms with Crippen molar-refractivity contribution in [1.29, 1.82) is 0 Å². The first-order chi connectivity index (χ1) is 3.70. The van der Waals surface area contributed by atoms with Crippen LogP contribution in [0.3, 0.4) is 0 Å². The first-order valence-electron chi connectivity index (χ1n) is 2.22. The molecular weight excluding hydrogens is 106 g/mol. The summed E-state index contributed by atoms with van der Waals surface area (Å²) < 4.78 is 0. The molecule has 0 aromatic heterocycles. The molecule has 0 aromatic carbocycles. The van der Waals surface area contributed by atoms with Gasteiger partial charge in [-0.05, 0) is 0 Å². The van der Waals surface area contributed by atoms with Crippen LogP contribution in [0.5, 0.6) is 0 Å². The number of hydrogen-bond acceptors (Lipinski definition) is 2. The highest BCUT2D eigenvalue weighted by Crippen LogP contribution is 2.01. The molecule has 1 heterocycles. The number of amides is 1. The van der Waals surface area contributed by atoms with Gasteiger partial charge in [0.05, 0.1) is 12.1 Å². The van der Waals surface area contributed by atoms with E-state index >= 15 is 0 Å². The number of Topliss-reactive ketones (excluding diaryl/α,β-unsaturated/α-hetero) is 1. The Bertz CT molecular complexity index is 153. The second-order valence-electron chi connectivity index (χ2n) is 1.63. The van der Waals surface area contributed by atoms with Crippen LogP contribution in [0.1, 0.15) is 6.42 Å². The SMILES string of the molecule is C=C1NC(=O)CC1=O. The summed E-state index contributed by atoms with van der Waals surface area (Å²) in [5.74, 6) is -0.449. The smallest absolute Gasteiger partial charge is 0.232 e. The topological polar surface area (TPSA) is 46.2 Å². The van der Waals surface area contributed by atoms with Crippen molar-refractivity contribution >= 4 is 11.7 Å². The minimum atomic E-state index is -0.250. The van der Waals surface area contributed by atoms with Gasteiger partial charge in [-0.2, -0.15) is 0 Å². The molecule has 3 nitrogen and oxygen atoms in total. The Morgan fingerprint density at radius 3 is 2.25 bits per heavy atom. The Morgan fingerprint density at radius 2 is 2.12 bits per heavy atom. The molecular formula is C5H5NO2. The summed E-state index contributed by atoms with van der Waals surface area (Å²) in [5.41, 5.74) is 0.218. The Hall–Kier alpha value is -1.12. The lowest BCUT2D eigenvalue weighted by molar-refractivity contribution is -0.121. The predicted molar refractivity (Wildman–Crippen MR) is 26.9 cm³/mol. The lowest BCUT2D eigenvalue weighted by Crippen LogP contribution is -2.11. The van der Waals surface area contributed by atoms with E-state index < -0.39 is 0 Å². The van der Waals surface area contributed by atoms with Crippen LogP contribution in [-0.4, -0.2) is 11.7 Å². The lowest BCUT2D eigenvalue weighted by atomic mass is 10.3. The van der Waals surface area contributed by atoms with Crippen molar-refractivity contribution in [3.05, 3.63) is 12.3 Å². The third-order valence-corrected chi connectivity index (χ3v) is 0.948. The molecule has 8 heavy (non-hydrogen) atoms. The van der Waals surface area contributed by atoms with Crippen molar-refractivity contribution in [3.8, 4) is 0 Å². The fraction of sp³-hybridized carbons (Fsp3) is 0.200. The molecule has 0 atom stereocenters. The zero-order valence-electron chi connectivity index (χ0n) is 4.23. The molecule has 0 spiro atoms. The molecule has 0 bridgehead atoms. The Labute approximate surface area is 46.4 Å². The molecule has 0 aromatic rings. The summed E-state index contributed by atoms with van der Waals surface area (Å²) >= 11 is 0. The second kappa shape index (κ2) is 1.43. The average Bonchev–Trinajstić information content (AvgIpc) is 1.85. The van der Waals surface area contributed by atoms with Gasteiger partial charge in [-0.1, -0.05) is 6.58 Å². The van der Waals surface area contributed by atoms with Gasteiger partial charge >= 0.3 is 0 Å². The van der Waals surface area contributed by atoms with E-state index in [0.717, 1.165) is 0 Å². The summed E-state index contributed by atoms with van der Waals surface area (Å²) in [7, 11) is 0. The van der Waals surface area contributed by atoms with E-state index in [1.807, 2.05) is 0 Å². The van der Waals surface area contributed by atoms with Crippen LogP contribution in [0, 0.1) is 0 Å². The molecule has 1 aliphatic heterocycles. The highest BCUT2D eigenvalue weighted by Gasteiger charge is 2.21. The number of hydrogen-bond donors (Lipinski definition) is 1.